The molecule has 0 aromatic heterocycles. The zero-order valence-electron chi connectivity index (χ0n) is 12.3. The van der Waals surface area contributed by atoms with Crippen molar-refractivity contribution in [3.05, 3.63) is 23.2 Å². The van der Waals surface area contributed by atoms with Crippen molar-refractivity contribution in [2.45, 2.75) is 26.7 Å². The molecule has 0 unspecified atom stereocenters. The quantitative estimate of drug-likeness (QED) is 0.325. The molecular formula is C14H20ClN3O3. The zero-order valence-corrected chi connectivity index (χ0v) is 13.1. The minimum absolute atomic E-state index is 0.121. The number of nitrogens with two attached hydrogens (primary N) is 1. The molecule has 0 heterocycles. The zero-order chi connectivity index (χ0) is 16.0. The lowest BCUT2D eigenvalue weighted by atomic mass is 9.80. The van der Waals surface area contributed by atoms with Gasteiger partial charge in [0.05, 0.1) is 17.8 Å². The van der Waals surface area contributed by atoms with Crippen LogP contribution in [0, 0.1) is 5.41 Å². The molecule has 0 bridgehead atoms. The van der Waals surface area contributed by atoms with E-state index in [2.05, 4.69) is 10.5 Å². The molecule has 0 atom stereocenters. The van der Waals surface area contributed by atoms with E-state index in [0.717, 1.165) is 0 Å². The molecule has 0 saturated carbocycles. The van der Waals surface area contributed by atoms with Crippen LogP contribution in [-0.2, 0) is 4.79 Å². The van der Waals surface area contributed by atoms with Crippen LogP contribution < -0.4 is 15.8 Å². The van der Waals surface area contributed by atoms with Crippen molar-refractivity contribution < 1.29 is 14.7 Å². The van der Waals surface area contributed by atoms with E-state index in [9.17, 15) is 4.79 Å². The van der Waals surface area contributed by atoms with Gasteiger partial charge in [-0.25, -0.2) is 0 Å². The Hall–Kier alpha value is -1.95. The molecular weight excluding hydrogens is 294 g/mol. The Morgan fingerprint density at radius 2 is 2.10 bits per heavy atom. The molecule has 0 fully saturated rings. The first-order valence-electron chi connectivity index (χ1n) is 6.58. The maximum atomic E-state index is 12.6. The summed E-state index contributed by atoms with van der Waals surface area (Å²) >= 11 is 6.07. The molecule has 0 spiro atoms. The summed E-state index contributed by atoms with van der Waals surface area (Å²) in [4.78, 5) is 12.6. The fourth-order valence-corrected chi connectivity index (χ4v) is 2.28. The van der Waals surface area contributed by atoms with Gasteiger partial charge in [0.1, 0.15) is 11.2 Å². The number of rotatable bonds is 6. The van der Waals surface area contributed by atoms with Crippen LogP contribution in [0.5, 0.6) is 5.75 Å². The highest BCUT2D eigenvalue weighted by Crippen LogP contribution is 2.32. The molecule has 116 valence electrons. The highest BCUT2D eigenvalue weighted by atomic mass is 35.5. The Balaban J connectivity index is 3.13. The molecule has 1 amide bonds. The van der Waals surface area contributed by atoms with Gasteiger partial charge >= 0.3 is 0 Å². The number of nitrogens with zero attached hydrogens (tertiary/aromatic N) is 1. The van der Waals surface area contributed by atoms with Gasteiger partial charge in [-0.1, -0.05) is 30.6 Å². The number of amidine groups is 1. The molecule has 0 saturated heterocycles. The maximum absolute atomic E-state index is 12.6. The van der Waals surface area contributed by atoms with E-state index >= 15 is 0 Å². The minimum atomic E-state index is -1.08. The number of oxime groups is 1. The number of anilines is 1. The van der Waals surface area contributed by atoms with Crippen molar-refractivity contribution in [1.29, 1.82) is 0 Å². The number of halogens is 1. The van der Waals surface area contributed by atoms with Crippen LogP contribution in [0.25, 0.3) is 0 Å². The second-order valence-electron chi connectivity index (χ2n) is 4.57. The van der Waals surface area contributed by atoms with E-state index in [1.54, 1.807) is 32.0 Å². The van der Waals surface area contributed by atoms with E-state index in [1.165, 1.54) is 7.11 Å². The molecule has 0 aliphatic carbocycles. The van der Waals surface area contributed by atoms with Gasteiger partial charge in [0, 0.05) is 6.07 Å². The van der Waals surface area contributed by atoms with Gasteiger partial charge in [0.25, 0.3) is 0 Å². The Labute approximate surface area is 128 Å². The average Bonchev–Trinajstić information content (AvgIpc) is 2.50. The summed E-state index contributed by atoms with van der Waals surface area (Å²) in [5, 5.41) is 15.0. The molecule has 21 heavy (non-hydrogen) atoms. The third kappa shape index (κ3) is 3.39. The fraction of sp³-hybridized carbons (Fsp3) is 0.429. The number of ether oxygens (including phenoxy) is 1. The number of amides is 1. The van der Waals surface area contributed by atoms with Crippen LogP contribution in [0.4, 0.5) is 5.69 Å². The molecule has 6 nitrogen and oxygen atoms in total. The summed E-state index contributed by atoms with van der Waals surface area (Å²) in [6, 6.07) is 4.93. The number of hydrogen-bond donors (Lipinski definition) is 3. The normalized spacial score (nSPS) is 12.1. The van der Waals surface area contributed by atoms with E-state index < -0.39 is 5.41 Å². The van der Waals surface area contributed by atoms with Crippen molar-refractivity contribution in [3.63, 3.8) is 0 Å². The first-order valence-corrected chi connectivity index (χ1v) is 6.96. The van der Waals surface area contributed by atoms with Crippen LogP contribution in [0.3, 0.4) is 0 Å². The van der Waals surface area contributed by atoms with Crippen LogP contribution in [0.15, 0.2) is 23.4 Å². The van der Waals surface area contributed by atoms with E-state index in [4.69, 9.17) is 27.3 Å². The minimum Gasteiger partial charge on any atom is -0.497 e. The molecule has 0 aliphatic rings. The average molecular weight is 314 g/mol. The van der Waals surface area contributed by atoms with Crippen LogP contribution >= 0.6 is 11.6 Å². The number of carbonyl (C=O) groups excluding carboxylic acids is 1. The lowest BCUT2D eigenvalue weighted by molar-refractivity contribution is -0.122. The van der Waals surface area contributed by atoms with Gasteiger partial charge in [0.2, 0.25) is 5.91 Å². The van der Waals surface area contributed by atoms with Gasteiger partial charge in [-0.2, -0.15) is 0 Å². The molecule has 1 rings (SSSR count). The Kier molecular flexibility index (Phi) is 5.84. The third-order valence-electron chi connectivity index (χ3n) is 3.66. The van der Waals surface area contributed by atoms with Gasteiger partial charge in [-0.15, -0.1) is 0 Å². The SMILES string of the molecule is CCC(CC)(C(=O)Nc1cc(OC)ccc1Cl)C(N)=NO. The summed E-state index contributed by atoms with van der Waals surface area (Å²) in [5.41, 5.74) is 5.04. The van der Waals surface area contributed by atoms with Crippen molar-refractivity contribution in [2.24, 2.45) is 16.3 Å². The van der Waals surface area contributed by atoms with Crippen molar-refractivity contribution in [2.75, 3.05) is 12.4 Å². The molecule has 7 heteroatoms. The second kappa shape index (κ2) is 7.17. The number of benzene rings is 1. The largest absolute Gasteiger partial charge is 0.497 e. The summed E-state index contributed by atoms with van der Waals surface area (Å²) in [7, 11) is 1.52. The Morgan fingerprint density at radius 1 is 1.48 bits per heavy atom. The van der Waals surface area contributed by atoms with Crippen molar-refractivity contribution in [3.8, 4) is 5.75 Å². The third-order valence-corrected chi connectivity index (χ3v) is 3.99. The van der Waals surface area contributed by atoms with E-state index in [0.29, 0.717) is 29.3 Å². The van der Waals surface area contributed by atoms with Gasteiger partial charge in [-0.3, -0.25) is 4.79 Å². The predicted molar refractivity (Wildman–Crippen MR) is 83.1 cm³/mol. The van der Waals surface area contributed by atoms with E-state index in [-0.39, 0.29) is 11.7 Å². The van der Waals surface area contributed by atoms with Crippen LogP contribution in [0.2, 0.25) is 5.02 Å². The smallest absolute Gasteiger partial charge is 0.238 e. The highest BCUT2D eigenvalue weighted by Gasteiger charge is 2.40. The number of hydrogen-bond acceptors (Lipinski definition) is 4. The molecule has 1 aromatic carbocycles. The topological polar surface area (TPSA) is 96.9 Å². The van der Waals surface area contributed by atoms with Gasteiger partial charge in [0.15, 0.2) is 5.84 Å². The molecule has 4 N–H and O–H groups in total. The van der Waals surface area contributed by atoms with Crippen LogP contribution in [-0.4, -0.2) is 24.1 Å². The molecule has 0 radical (unpaired) electrons. The first kappa shape index (κ1) is 17.1. The standard InChI is InChI=1S/C14H20ClN3O3/c1-4-14(5-2,12(16)18-20)13(19)17-11-8-9(21-3)6-7-10(11)15/h6-8,20H,4-5H2,1-3H3,(H2,16,18)(H,17,19). The van der Waals surface area contributed by atoms with Crippen molar-refractivity contribution >= 4 is 29.0 Å². The lowest BCUT2D eigenvalue weighted by Gasteiger charge is -2.28. The maximum Gasteiger partial charge on any atom is 0.238 e. The number of nitrogens with one attached hydrogen (secondary N) is 1. The lowest BCUT2D eigenvalue weighted by Crippen LogP contribution is -2.46. The first-order chi connectivity index (χ1) is 9.94. The fourth-order valence-electron chi connectivity index (χ4n) is 2.11. The Bertz CT molecular complexity index is 542. The van der Waals surface area contributed by atoms with Gasteiger partial charge < -0.3 is 21.0 Å². The summed E-state index contributed by atoms with van der Waals surface area (Å²) < 4.78 is 5.10. The van der Waals surface area contributed by atoms with Gasteiger partial charge in [-0.05, 0) is 25.0 Å². The number of methoxy groups -OCH3 is 1. The molecule has 0 aliphatic heterocycles. The van der Waals surface area contributed by atoms with Crippen LogP contribution in [0.1, 0.15) is 26.7 Å². The van der Waals surface area contributed by atoms with E-state index in [1.807, 2.05) is 0 Å². The monoisotopic (exact) mass is 313 g/mol. The highest BCUT2D eigenvalue weighted by molar-refractivity contribution is 6.34. The summed E-state index contributed by atoms with van der Waals surface area (Å²) in [6.45, 7) is 3.60. The summed E-state index contributed by atoms with van der Waals surface area (Å²) in [6.07, 6.45) is 0.791. The van der Waals surface area contributed by atoms with Crippen molar-refractivity contribution in [1.82, 2.24) is 0 Å². The predicted octanol–water partition coefficient (Wildman–Crippen LogP) is 2.84. The number of carbonyl (C=O) groups is 1. The Morgan fingerprint density at radius 3 is 2.57 bits per heavy atom. The second-order valence-corrected chi connectivity index (χ2v) is 4.98. The molecule has 1 aromatic rings. The summed E-state index contributed by atoms with van der Waals surface area (Å²) in [5.74, 6) is 0.0686.